The van der Waals surface area contributed by atoms with Crippen LogP contribution in [-0.2, 0) is 27.8 Å². The second kappa shape index (κ2) is 6.00. The maximum atomic E-state index is 12.4. The van der Waals surface area contributed by atoms with Gasteiger partial charge in [0.05, 0.1) is 4.90 Å². The molecule has 106 valence electrons. The third-order valence-corrected chi connectivity index (χ3v) is 5.19. The summed E-state index contributed by atoms with van der Waals surface area (Å²) >= 11 is 0. The average Bonchev–Trinajstić information content (AvgIpc) is 2.85. The molecule has 0 spiro atoms. The Morgan fingerprint density at radius 2 is 2.05 bits per heavy atom. The van der Waals surface area contributed by atoms with Crippen LogP contribution in [0.2, 0.25) is 0 Å². The summed E-state index contributed by atoms with van der Waals surface area (Å²) in [5.41, 5.74) is 2.26. The Kier molecular flexibility index (Phi) is 4.57. The van der Waals surface area contributed by atoms with Crippen LogP contribution in [0, 0.1) is 0 Å². The van der Waals surface area contributed by atoms with E-state index in [4.69, 9.17) is 4.74 Å². The van der Waals surface area contributed by atoms with Gasteiger partial charge in [-0.1, -0.05) is 6.07 Å². The lowest BCUT2D eigenvalue weighted by Crippen LogP contribution is -2.28. The molecule has 1 aromatic rings. The van der Waals surface area contributed by atoms with Gasteiger partial charge in [-0.3, -0.25) is 0 Å². The molecule has 0 saturated carbocycles. The van der Waals surface area contributed by atoms with E-state index in [0.29, 0.717) is 24.5 Å². The number of hydrogen-bond donors (Lipinski definition) is 1. The first-order valence-corrected chi connectivity index (χ1v) is 7.77. The molecule has 0 saturated heterocycles. The molecule has 0 amide bonds. The zero-order chi connectivity index (χ0) is 13.9. The third-order valence-electron chi connectivity index (χ3n) is 3.34. The van der Waals surface area contributed by atoms with Gasteiger partial charge >= 0.3 is 0 Å². The molecule has 1 N–H and O–H groups in total. The Bertz CT molecular complexity index is 543. The van der Waals surface area contributed by atoms with Crippen molar-refractivity contribution in [2.45, 2.75) is 24.4 Å². The van der Waals surface area contributed by atoms with Gasteiger partial charge < -0.3 is 10.1 Å². The number of benzene rings is 1. The fraction of sp³-hybridized carbons (Fsp3) is 0.538. The summed E-state index contributed by atoms with van der Waals surface area (Å²) in [6.45, 7) is 2.59. The highest BCUT2D eigenvalue weighted by atomic mass is 32.2. The van der Waals surface area contributed by atoms with Crippen molar-refractivity contribution in [3.8, 4) is 0 Å². The highest BCUT2D eigenvalue weighted by Crippen LogP contribution is 2.22. The fourth-order valence-corrected chi connectivity index (χ4v) is 3.42. The highest BCUT2D eigenvalue weighted by molar-refractivity contribution is 7.89. The Labute approximate surface area is 114 Å². The van der Waals surface area contributed by atoms with Gasteiger partial charge in [-0.2, -0.15) is 0 Å². The molecule has 0 radical (unpaired) electrons. The second-order valence-corrected chi connectivity index (χ2v) is 6.75. The second-order valence-electron chi connectivity index (χ2n) is 4.71. The van der Waals surface area contributed by atoms with Crippen molar-refractivity contribution in [3.05, 3.63) is 29.3 Å². The normalized spacial score (nSPS) is 14.9. The molecule has 0 atom stereocenters. The van der Waals surface area contributed by atoms with Gasteiger partial charge in [-0.25, -0.2) is 12.7 Å². The summed E-state index contributed by atoms with van der Waals surface area (Å²) in [5.74, 6) is 0. The van der Waals surface area contributed by atoms with Crippen molar-refractivity contribution >= 4 is 10.0 Å². The summed E-state index contributed by atoms with van der Waals surface area (Å²) < 4.78 is 31.1. The fourth-order valence-electron chi connectivity index (χ4n) is 2.16. The maximum Gasteiger partial charge on any atom is 0.242 e. The van der Waals surface area contributed by atoms with Crippen LogP contribution in [0.1, 0.15) is 17.5 Å². The van der Waals surface area contributed by atoms with E-state index in [0.717, 1.165) is 18.7 Å². The molecule has 0 aliphatic carbocycles. The monoisotopic (exact) mass is 284 g/mol. The van der Waals surface area contributed by atoms with E-state index in [9.17, 15) is 8.42 Å². The Balaban J connectivity index is 2.15. The lowest BCUT2D eigenvalue weighted by molar-refractivity contribution is 0.189. The predicted octanol–water partition coefficient (Wildman–Crippen LogP) is 0.947. The summed E-state index contributed by atoms with van der Waals surface area (Å²) in [5, 5.41) is 3.21. The number of nitrogens with zero attached hydrogens (tertiary/aromatic N) is 1. The lowest BCUT2D eigenvalue weighted by atomic mass is 10.1. The maximum absolute atomic E-state index is 12.4. The molecular formula is C13H20N2O3S. The van der Waals surface area contributed by atoms with Crippen LogP contribution in [-0.4, -0.2) is 40.0 Å². The molecule has 6 heteroatoms. The molecule has 0 fully saturated rings. The topological polar surface area (TPSA) is 58.6 Å². The van der Waals surface area contributed by atoms with Gasteiger partial charge in [-0.15, -0.1) is 0 Å². The first kappa shape index (κ1) is 14.5. The number of nitrogens with one attached hydrogen (secondary N) is 1. The third kappa shape index (κ3) is 3.14. The van der Waals surface area contributed by atoms with Gasteiger partial charge in [-0.05, 0) is 29.7 Å². The zero-order valence-electron chi connectivity index (χ0n) is 11.3. The van der Waals surface area contributed by atoms with Crippen molar-refractivity contribution in [1.29, 1.82) is 0 Å². The quantitative estimate of drug-likeness (QED) is 0.790. The number of rotatable bonds is 6. The van der Waals surface area contributed by atoms with Crippen molar-refractivity contribution in [2.24, 2.45) is 0 Å². The minimum Gasteiger partial charge on any atom is -0.385 e. The summed E-state index contributed by atoms with van der Waals surface area (Å²) in [6, 6.07) is 5.36. The van der Waals surface area contributed by atoms with E-state index in [1.54, 1.807) is 26.3 Å². The number of fused-ring (bicyclic) bond motifs is 1. The molecule has 1 aliphatic heterocycles. The van der Waals surface area contributed by atoms with Gasteiger partial charge in [0.2, 0.25) is 10.0 Å². The summed E-state index contributed by atoms with van der Waals surface area (Å²) in [6.07, 6.45) is 0.693. The SMILES string of the molecule is COCCCN(C)S(=O)(=O)c1ccc2c(c1)CNC2. The van der Waals surface area contributed by atoms with Crippen LogP contribution < -0.4 is 5.32 Å². The van der Waals surface area contributed by atoms with E-state index in [1.807, 2.05) is 6.07 Å². The van der Waals surface area contributed by atoms with Gasteiger partial charge in [0.1, 0.15) is 0 Å². The molecule has 5 nitrogen and oxygen atoms in total. The first-order chi connectivity index (χ1) is 9.05. The minimum atomic E-state index is -3.39. The van der Waals surface area contributed by atoms with Gasteiger partial charge in [0, 0.05) is 40.4 Å². The Morgan fingerprint density at radius 1 is 1.32 bits per heavy atom. The molecule has 1 aliphatic rings. The zero-order valence-corrected chi connectivity index (χ0v) is 12.2. The summed E-state index contributed by atoms with van der Waals surface area (Å²) in [7, 11) is -0.170. The van der Waals surface area contributed by atoms with Crippen molar-refractivity contribution in [2.75, 3.05) is 27.3 Å². The molecule has 2 rings (SSSR count). The molecule has 1 aromatic carbocycles. The number of hydrogen-bond acceptors (Lipinski definition) is 4. The standard InChI is InChI=1S/C13H20N2O3S/c1-15(6-3-7-18-2)19(16,17)13-5-4-11-9-14-10-12(11)8-13/h4-5,8,14H,3,6-7,9-10H2,1-2H3. The van der Waals surface area contributed by atoms with Crippen molar-refractivity contribution in [1.82, 2.24) is 9.62 Å². The van der Waals surface area contributed by atoms with Gasteiger partial charge in [0.15, 0.2) is 0 Å². The highest BCUT2D eigenvalue weighted by Gasteiger charge is 2.22. The lowest BCUT2D eigenvalue weighted by Gasteiger charge is -2.17. The van der Waals surface area contributed by atoms with Crippen LogP contribution in [0.4, 0.5) is 0 Å². The number of ether oxygens (including phenoxy) is 1. The number of methoxy groups -OCH3 is 1. The molecule has 1 heterocycles. The van der Waals surface area contributed by atoms with Crippen molar-refractivity contribution in [3.63, 3.8) is 0 Å². The van der Waals surface area contributed by atoms with E-state index in [1.165, 1.54) is 9.87 Å². The van der Waals surface area contributed by atoms with E-state index < -0.39 is 10.0 Å². The molecule has 0 unspecified atom stereocenters. The van der Waals surface area contributed by atoms with Crippen LogP contribution in [0.25, 0.3) is 0 Å². The van der Waals surface area contributed by atoms with Crippen molar-refractivity contribution < 1.29 is 13.2 Å². The van der Waals surface area contributed by atoms with E-state index in [-0.39, 0.29) is 0 Å². The first-order valence-electron chi connectivity index (χ1n) is 6.33. The Morgan fingerprint density at radius 3 is 2.79 bits per heavy atom. The van der Waals surface area contributed by atoms with Crippen LogP contribution in [0.3, 0.4) is 0 Å². The molecular weight excluding hydrogens is 264 g/mol. The van der Waals surface area contributed by atoms with Crippen LogP contribution in [0.15, 0.2) is 23.1 Å². The minimum absolute atomic E-state index is 0.370. The van der Waals surface area contributed by atoms with E-state index >= 15 is 0 Å². The largest absolute Gasteiger partial charge is 0.385 e. The number of sulfonamides is 1. The van der Waals surface area contributed by atoms with Gasteiger partial charge in [0.25, 0.3) is 0 Å². The smallest absolute Gasteiger partial charge is 0.242 e. The predicted molar refractivity (Wildman–Crippen MR) is 73.3 cm³/mol. The average molecular weight is 284 g/mol. The molecule has 19 heavy (non-hydrogen) atoms. The van der Waals surface area contributed by atoms with Crippen LogP contribution >= 0.6 is 0 Å². The van der Waals surface area contributed by atoms with Crippen LogP contribution in [0.5, 0.6) is 0 Å². The molecule has 0 bridgehead atoms. The van der Waals surface area contributed by atoms with E-state index in [2.05, 4.69) is 5.32 Å². The molecule has 0 aromatic heterocycles. The summed E-state index contributed by atoms with van der Waals surface area (Å²) in [4.78, 5) is 0.370. The Hall–Kier alpha value is -0.950.